The molecule has 2 heteroatoms. The molecular formula is C11H13FO. The molecule has 0 aliphatic rings. The van der Waals surface area contributed by atoms with Crippen molar-refractivity contribution in [1.82, 2.24) is 0 Å². The molecule has 0 saturated heterocycles. The van der Waals surface area contributed by atoms with Crippen molar-refractivity contribution < 1.29 is 9.18 Å². The Morgan fingerprint density at radius 1 is 1.54 bits per heavy atom. The Morgan fingerprint density at radius 2 is 2.23 bits per heavy atom. The smallest absolute Gasteiger partial charge is 0.127 e. The van der Waals surface area contributed by atoms with Crippen LogP contribution in [-0.2, 0) is 4.79 Å². The fraction of sp³-hybridized carbons (Fsp3) is 0.364. The number of carbonyl (C=O) groups excluding carboxylic acids is 1. The molecule has 0 fully saturated rings. The standard InChI is InChI=1S/C11H13FO/c1-3-9(7-13)10-4-5-11(12)8(2)6-10/h4-7,9H,3H2,1-2H3. The predicted molar refractivity (Wildman–Crippen MR) is 50.2 cm³/mol. The van der Waals surface area contributed by atoms with Crippen LogP contribution in [0.1, 0.15) is 30.4 Å². The van der Waals surface area contributed by atoms with Crippen LogP contribution in [0.4, 0.5) is 4.39 Å². The molecule has 1 unspecified atom stereocenters. The zero-order valence-electron chi connectivity index (χ0n) is 7.88. The van der Waals surface area contributed by atoms with Crippen molar-refractivity contribution in [1.29, 1.82) is 0 Å². The molecule has 0 amide bonds. The molecule has 0 bridgehead atoms. The molecule has 1 aromatic carbocycles. The van der Waals surface area contributed by atoms with Gasteiger partial charge in [0.25, 0.3) is 0 Å². The van der Waals surface area contributed by atoms with Crippen LogP contribution in [0.3, 0.4) is 0 Å². The number of aldehydes is 1. The van der Waals surface area contributed by atoms with Gasteiger partial charge in [0.15, 0.2) is 0 Å². The first-order valence-corrected chi connectivity index (χ1v) is 4.40. The third kappa shape index (κ3) is 2.14. The maximum absolute atomic E-state index is 12.9. The number of carbonyl (C=O) groups is 1. The van der Waals surface area contributed by atoms with Gasteiger partial charge >= 0.3 is 0 Å². The average Bonchev–Trinajstić information content (AvgIpc) is 2.13. The summed E-state index contributed by atoms with van der Waals surface area (Å²) in [5, 5.41) is 0. The highest BCUT2D eigenvalue weighted by Crippen LogP contribution is 2.19. The van der Waals surface area contributed by atoms with Gasteiger partial charge in [-0.25, -0.2) is 4.39 Å². The van der Waals surface area contributed by atoms with E-state index in [2.05, 4.69) is 0 Å². The van der Waals surface area contributed by atoms with E-state index in [4.69, 9.17) is 0 Å². The predicted octanol–water partition coefficient (Wildman–Crippen LogP) is 2.83. The van der Waals surface area contributed by atoms with E-state index in [1.54, 1.807) is 19.1 Å². The molecule has 0 saturated carbocycles. The Morgan fingerprint density at radius 3 is 2.69 bits per heavy atom. The van der Waals surface area contributed by atoms with Crippen molar-refractivity contribution >= 4 is 6.29 Å². The van der Waals surface area contributed by atoms with E-state index in [9.17, 15) is 9.18 Å². The highest BCUT2D eigenvalue weighted by atomic mass is 19.1. The number of aryl methyl sites for hydroxylation is 1. The molecule has 0 aliphatic heterocycles. The zero-order chi connectivity index (χ0) is 9.84. The number of benzene rings is 1. The van der Waals surface area contributed by atoms with Gasteiger partial charge in [-0.15, -0.1) is 0 Å². The topological polar surface area (TPSA) is 17.1 Å². The summed E-state index contributed by atoms with van der Waals surface area (Å²) in [7, 11) is 0. The first kappa shape index (κ1) is 9.90. The van der Waals surface area contributed by atoms with Crippen molar-refractivity contribution in [3.63, 3.8) is 0 Å². The van der Waals surface area contributed by atoms with Gasteiger partial charge in [-0.3, -0.25) is 0 Å². The molecule has 70 valence electrons. The summed E-state index contributed by atoms with van der Waals surface area (Å²) >= 11 is 0. The molecule has 0 N–H and O–H groups in total. The van der Waals surface area contributed by atoms with Crippen molar-refractivity contribution in [2.75, 3.05) is 0 Å². The molecule has 1 nitrogen and oxygen atoms in total. The molecule has 0 spiro atoms. The summed E-state index contributed by atoms with van der Waals surface area (Å²) in [5.41, 5.74) is 1.49. The van der Waals surface area contributed by atoms with Crippen molar-refractivity contribution in [2.45, 2.75) is 26.2 Å². The number of rotatable bonds is 3. The number of hydrogen-bond acceptors (Lipinski definition) is 1. The Kier molecular flexibility index (Phi) is 3.18. The molecule has 1 aromatic rings. The van der Waals surface area contributed by atoms with E-state index in [0.29, 0.717) is 5.56 Å². The lowest BCUT2D eigenvalue weighted by Crippen LogP contribution is -1.99. The highest BCUT2D eigenvalue weighted by Gasteiger charge is 2.08. The Bertz CT molecular complexity index is 307. The molecule has 0 radical (unpaired) electrons. The maximum Gasteiger partial charge on any atom is 0.127 e. The van der Waals surface area contributed by atoms with Gasteiger partial charge in [0.1, 0.15) is 12.1 Å². The normalized spacial score (nSPS) is 12.5. The molecule has 1 rings (SSSR count). The van der Waals surface area contributed by atoms with E-state index >= 15 is 0 Å². The van der Waals surface area contributed by atoms with Gasteiger partial charge in [-0.05, 0) is 30.5 Å². The highest BCUT2D eigenvalue weighted by molar-refractivity contribution is 5.62. The Labute approximate surface area is 77.6 Å². The summed E-state index contributed by atoms with van der Waals surface area (Å²) in [5.74, 6) is -0.316. The van der Waals surface area contributed by atoms with Crippen molar-refractivity contribution in [3.8, 4) is 0 Å². The minimum atomic E-state index is -0.218. The fourth-order valence-electron chi connectivity index (χ4n) is 1.31. The third-order valence-electron chi connectivity index (χ3n) is 2.21. The third-order valence-corrected chi connectivity index (χ3v) is 2.21. The van der Waals surface area contributed by atoms with E-state index in [1.807, 2.05) is 6.92 Å². The first-order chi connectivity index (χ1) is 6.19. The van der Waals surface area contributed by atoms with Crippen molar-refractivity contribution in [3.05, 3.63) is 35.1 Å². The monoisotopic (exact) mass is 180 g/mol. The van der Waals surface area contributed by atoms with Crippen LogP contribution in [0.2, 0.25) is 0 Å². The summed E-state index contributed by atoms with van der Waals surface area (Å²) < 4.78 is 12.9. The lowest BCUT2D eigenvalue weighted by Gasteiger charge is -2.08. The van der Waals surface area contributed by atoms with Crippen LogP contribution in [-0.4, -0.2) is 6.29 Å². The van der Waals surface area contributed by atoms with Crippen LogP contribution in [0, 0.1) is 12.7 Å². The quantitative estimate of drug-likeness (QED) is 0.654. The number of hydrogen-bond donors (Lipinski definition) is 0. The summed E-state index contributed by atoms with van der Waals surface area (Å²) in [6.45, 7) is 3.65. The summed E-state index contributed by atoms with van der Waals surface area (Å²) in [6, 6.07) is 4.82. The van der Waals surface area contributed by atoms with Gasteiger partial charge in [0.2, 0.25) is 0 Å². The van der Waals surface area contributed by atoms with Crippen LogP contribution >= 0.6 is 0 Å². The second-order valence-corrected chi connectivity index (χ2v) is 3.16. The van der Waals surface area contributed by atoms with Crippen LogP contribution in [0.25, 0.3) is 0 Å². The van der Waals surface area contributed by atoms with E-state index in [-0.39, 0.29) is 11.7 Å². The SMILES string of the molecule is CCC(C=O)c1ccc(F)c(C)c1. The minimum absolute atomic E-state index is 0.0979. The minimum Gasteiger partial charge on any atom is -0.303 e. The summed E-state index contributed by atoms with van der Waals surface area (Å²) in [6.07, 6.45) is 1.67. The Hall–Kier alpha value is -1.18. The van der Waals surface area contributed by atoms with Gasteiger partial charge in [-0.1, -0.05) is 19.1 Å². The van der Waals surface area contributed by atoms with Crippen LogP contribution in [0.15, 0.2) is 18.2 Å². The Balaban J connectivity index is 3.01. The second-order valence-electron chi connectivity index (χ2n) is 3.16. The molecular weight excluding hydrogens is 167 g/mol. The number of halogens is 1. The molecule has 13 heavy (non-hydrogen) atoms. The average molecular weight is 180 g/mol. The zero-order valence-corrected chi connectivity index (χ0v) is 7.88. The van der Waals surface area contributed by atoms with Gasteiger partial charge in [0, 0.05) is 5.92 Å². The first-order valence-electron chi connectivity index (χ1n) is 4.40. The lowest BCUT2D eigenvalue weighted by molar-refractivity contribution is -0.109. The maximum atomic E-state index is 12.9. The fourth-order valence-corrected chi connectivity index (χ4v) is 1.31. The second kappa shape index (κ2) is 4.17. The molecule has 0 aliphatic carbocycles. The van der Waals surface area contributed by atoms with Crippen molar-refractivity contribution in [2.24, 2.45) is 0 Å². The lowest BCUT2D eigenvalue weighted by atomic mass is 9.96. The summed E-state index contributed by atoms with van der Waals surface area (Å²) in [4.78, 5) is 10.6. The molecule has 0 heterocycles. The van der Waals surface area contributed by atoms with E-state index in [1.165, 1.54) is 6.07 Å². The molecule has 0 aromatic heterocycles. The van der Waals surface area contributed by atoms with Crippen LogP contribution < -0.4 is 0 Å². The molecule has 1 atom stereocenters. The largest absolute Gasteiger partial charge is 0.303 e. The van der Waals surface area contributed by atoms with Crippen LogP contribution in [0.5, 0.6) is 0 Å². The van der Waals surface area contributed by atoms with E-state index in [0.717, 1.165) is 18.3 Å². The van der Waals surface area contributed by atoms with E-state index < -0.39 is 0 Å². The van der Waals surface area contributed by atoms with Gasteiger partial charge in [-0.2, -0.15) is 0 Å². The van der Waals surface area contributed by atoms with Gasteiger partial charge in [0.05, 0.1) is 0 Å². The van der Waals surface area contributed by atoms with Gasteiger partial charge < -0.3 is 4.79 Å².